The molecule has 0 amide bonds. The van der Waals surface area contributed by atoms with Crippen LogP contribution in [-0.4, -0.2) is 67.4 Å². The van der Waals surface area contributed by atoms with Gasteiger partial charge >= 0.3 is 0 Å². The minimum atomic E-state index is -0.405. The molecular formula is C19H32N2O2. The molecule has 0 unspecified atom stereocenters. The summed E-state index contributed by atoms with van der Waals surface area (Å²) in [6.45, 7) is 12.1. The third-order valence-corrected chi connectivity index (χ3v) is 5.09. The summed E-state index contributed by atoms with van der Waals surface area (Å²) >= 11 is 0. The highest BCUT2D eigenvalue weighted by Gasteiger charge is 2.26. The second-order valence-electron chi connectivity index (χ2n) is 6.71. The Morgan fingerprint density at radius 3 is 2.70 bits per heavy atom. The number of aryl methyl sites for hydroxylation is 2. The molecule has 1 aliphatic heterocycles. The van der Waals surface area contributed by atoms with Gasteiger partial charge in [0.2, 0.25) is 0 Å². The molecule has 0 spiro atoms. The molecule has 0 radical (unpaired) electrons. The molecule has 1 aromatic carbocycles. The Balaban J connectivity index is 1.91. The molecule has 0 aromatic heterocycles. The van der Waals surface area contributed by atoms with E-state index in [2.05, 4.69) is 48.8 Å². The van der Waals surface area contributed by atoms with Crippen molar-refractivity contribution in [2.24, 2.45) is 0 Å². The summed E-state index contributed by atoms with van der Waals surface area (Å²) in [6.07, 6.45) is 0.734. The number of benzene rings is 1. The van der Waals surface area contributed by atoms with Crippen molar-refractivity contribution in [3.8, 4) is 0 Å². The van der Waals surface area contributed by atoms with E-state index in [1.165, 1.54) is 11.1 Å². The summed E-state index contributed by atoms with van der Waals surface area (Å²) in [5, 5.41) is 10.6. The lowest BCUT2D eigenvalue weighted by Gasteiger charge is -2.41. The molecule has 1 heterocycles. The van der Waals surface area contributed by atoms with Crippen LogP contribution in [0.3, 0.4) is 0 Å². The van der Waals surface area contributed by atoms with E-state index in [-0.39, 0.29) is 0 Å². The Hall–Kier alpha value is -0.940. The van der Waals surface area contributed by atoms with Crippen LogP contribution in [0.1, 0.15) is 36.1 Å². The molecule has 1 aliphatic rings. The van der Waals surface area contributed by atoms with Crippen LogP contribution in [-0.2, 0) is 4.74 Å². The lowest BCUT2D eigenvalue weighted by molar-refractivity contribution is 0.0260. The fourth-order valence-electron chi connectivity index (χ4n) is 3.34. The van der Waals surface area contributed by atoms with Crippen LogP contribution in [0.5, 0.6) is 0 Å². The zero-order chi connectivity index (χ0) is 16.8. The maximum atomic E-state index is 10.6. The summed E-state index contributed by atoms with van der Waals surface area (Å²) in [6, 6.07) is 6.84. The van der Waals surface area contributed by atoms with Crippen LogP contribution in [0.15, 0.2) is 18.2 Å². The number of ether oxygens (including phenoxy) is 1. The van der Waals surface area contributed by atoms with E-state index in [1.807, 2.05) is 0 Å². The maximum Gasteiger partial charge on any atom is 0.0917 e. The van der Waals surface area contributed by atoms with Crippen LogP contribution in [0, 0.1) is 13.8 Å². The van der Waals surface area contributed by atoms with Gasteiger partial charge in [-0.05, 0) is 37.0 Å². The Morgan fingerprint density at radius 1 is 1.26 bits per heavy atom. The highest BCUT2D eigenvalue weighted by atomic mass is 16.5. The zero-order valence-corrected chi connectivity index (χ0v) is 15.1. The van der Waals surface area contributed by atoms with Gasteiger partial charge in [-0.3, -0.25) is 9.80 Å². The predicted octanol–water partition coefficient (Wildman–Crippen LogP) is 2.38. The topological polar surface area (TPSA) is 35.9 Å². The lowest BCUT2D eigenvalue weighted by atomic mass is 10.0. The third kappa shape index (κ3) is 5.01. The average molecular weight is 320 g/mol. The number of piperazine rings is 1. The van der Waals surface area contributed by atoms with Gasteiger partial charge in [0.1, 0.15) is 0 Å². The van der Waals surface area contributed by atoms with Gasteiger partial charge in [0, 0.05) is 45.9 Å². The van der Waals surface area contributed by atoms with Crippen LogP contribution in [0.2, 0.25) is 0 Å². The molecule has 2 atom stereocenters. The van der Waals surface area contributed by atoms with Crippen molar-refractivity contribution in [1.82, 2.24) is 9.80 Å². The van der Waals surface area contributed by atoms with E-state index in [0.29, 0.717) is 6.04 Å². The van der Waals surface area contributed by atoms with Gasteiger partial charge in [0.25, 0.3) is 0 Å². The van der Waals surface area contributed by atoms with Gasteiger partial charge in [-0.1, -0.05) is 25.1 Å². The average Bonchev–Trinajstić information content (AvgIpc) is 2.55. The first-order chi connectivity index (χ1) is 11.0. The van der Waals surface area contributed by atoms with Crippen LogP contribution in [0.25, 0.3) is 0 Å². The predicted molar refractivity (Wildman–Crippen MR) is 94.8 cm³/mol. The molecule has 2 rings (SSSR count). The van der Waals surface area contributed by atoms with Crippen LogP contribution in [0.4, 0.5) is 0 Å². The number of nitrogens with zero attached hydrogens (tertiary/aromatic N) is 2. The van der Waals surface area contributed by atoms with Gasteiger partial charge in [-0.25, -0.2) is 0 Å². The molecule has 0 bridgehead atoms. The van der Waals surface area contributed by atoms with E-state index < -0.39 is 6.10 Å². The highest BCUT2D eigenvalue weighted by Crippen LogP contribution is 2.20. The SMILES string of the molecule is CC[C@H]1CN(C[C@H](O)c2ccc(C)c(C)c2)CCN1CCOC. The maximum absolute atomic E-state index is 10.6. The van der Waals surface area contributed by atoms with Crippen molar-refractivity contribution < 1.29 is 9.84 Å². The van der Waals surface area contributed by atoms with Crippen molar-refractivity contribution in [1.29, 1.82) is 0 Å². The Labute approximate surface area is 141 Å². The minimum absolute atomic E-state index is 0.405. The quantitative estimate of drug-likeness (QED) is 0.837. The van der Waals surface area contributed by atoms with Crippen LogP contribution >= 0.6 is 0 Å². The monoisotopic (exact) mass is 320 g/mol. The van der Waals surface area contributed by atoms with Crippen LogP contribution < -0.4 is 0 Å². The van der Waals surface area contributed by atoms with Crippen molar-refractivity contribution in [2.45, 2.75) is 39.3 Å². The lowest BCUT2D eigenvalue weighted by Crippen LogP contribution is -2.54. The first kappa shape index (κ1) is 18.4. The fraction of sp³-hybridized carbons (Fsp3) is 0.684. The molecule has 1 aromatic rings. The van der Waals surface area contributed by atoms with Gasteiger partial charge < -0.3 is 9.84 Å². The summed E-state index contributed by atoms with van der Waals surface area (Å²) in [5.74, 6) is 0. The second kappa shape index (κ2) is 8.78. The van der Waals surface area contributed by atoms with Crippen molar-refractivity contribution >= 4 is 0 Å². The van der Waals surface area contributed by atoms with E-state index in [9.17, 15) is 5.11 Å². The molecule has 1 fully saturated rings. The molecule has 1 saturated heterocycles. The van der Waals surface area contributed by atoms with E-state index >= 15 is 0 Å². The smallest absolute Gasteiger partial charge is 0.0917 e. The number of aliphatic hydroxyl groups excluding tert-OH is 1. The normalized spacial score (nSPS) is 21.5. The summed E-state index contributed by atoms with van der Waals surface area (Å²) < 4.78 is 5.21. The number of methoxy groups -OCH3 is 1. The van der Waals surface area contributed by atoms with E-state index in [1.54, 1.807) is 7.11 Å². The van der Waals surface area contributed by atoms with Gasteiger partial charge in [0.15, 0.2) is 0 Å². The second-order valence-corrected chi connectivity index (χ2v) is 6.71. The Kier molecular flexibility index (Phi) is 7.03. The molecule has 4 heteroatoms. The van der Waals surface area contributed by atoms with E-state index in [4.69, 9.17) is 4.74 Å². The first-order valence-corrected chi connectivity index (χ1v) is 8.75. The molecular weight excluding hydrogens is 288 g/mol. The van der Waals surface area contributed by atoms with Crippen molar-refractivity contribution in [3.63, 3.8) is 0 Å². The largest absolute Gasteiger partial charge is 0.387 e. The highest BCUT2D eigenvalue weighted by molar-refractivity contribution is 5.31. The minimum Gasteiger partial charge on any atom is -0.387 e. The number of rotatable bonds is 7. The zero-order valence-electron chi connectivity index (χ0n) is 15.1. The standard InChI is InChI=1S/C19H32N2O2/c1-5-18-13-20(8-9-21(18)10-11-23-4)14-19(22)17-7-6-15(2)16(3)12-17/h6-7,12,18-19,22H,5,8-11,13-14H2,1-4H3/t18-,19-/m0/s1. The summed E-state index contributed by atoms with van der Waals surface area (Å²) in [5.41, 5.74) is 3.55. The Morgan fingerprint density at radius 2 is 2.04 bits per heavy atom. The number of hydrogen-bond donors (Lipinski definition) is 1. The number of hydrogen-bond acceptors (Lipinski definition) is 4. The molecule has 0 aliphatic carbocycles. The summed E-state index contributed by atoms with van der Waals surface area (Å²) in [4.78, 5) is 4.92. The molecule has 23 heavy (non-hydrogen) atoms. The molecule has 4 nitrogen and oxygen atoms in total. The molecule has 1 N–H and O–H groups in total. The van der Waals surface area contributed by atoms with Crippen molar-refractivity contribution in [3.05, 3.63) is 34.9 Å². The number of aliphatic hydroxyl groups is 1. The first-order valence-electron chi connectivity index (χ1n) is 8.75. The fourth-order valence-corrected chi connectivity index (χ4v) is 3.34. The number of β-amino-alcohol motifs (C(OH)–C–C–N with tert-alkyl or cyclic N) is 1. The Bertz CT molecular complexity index is 492. The van der Waals surface area contributed by atoms with Crippen molar-refractivity contribution in [2.75, 3.05) is 46.4 Å². The molecule has 130 valence electrons. The van der Waals surface area contributed by atoms with Gasteiger partial charge in [-0.15, -0.1) is 0 Å². The third-order valence-electron chi connectivity index (χ3n) is 5.09. The van der Waals surface area contributed by atoms with Gasteiger partial charge in [-0.2, -0.15) is 0 Å². The molecule has 0 saturated carbocycles. The van der Waals surface area contributed by atoms with E-state index in [0.717, 1.165) is 51.3 Å². The summed E-state index contributed by atoms with van der Waals surface area (Å²) in [7, 11) is 1.76. The van der Waals surface area contributed by atoms with Gasteiger partial charge in [0.05, 0.1) is 12.7 Å².